The van der Waals surface area contributed by atoms with E-state index in [-0.39, 0.29) is 5.69 Å². The zero-order chi connectivity index (χ0) is 19.0. The first-order valence-electron chi connectivity index (χ1n) is 8.32. The molecule has 4 rings (SSSR count). The van der Waals surface area contributed by atoms with Crippen LogP contribution in [0.25, 0.3) is 16.7 Å². The summed E-state index contributed by atoms with van der Waals surface area (Å²) in [5.41, 5.74) is 4.21. The molecule has 0 aliphatic rings. The summed E-state index contributed by atoms with van der Waals surface area (Å²) in [4.78, 5) is 19.2. The maximum Gasteiger partial charge on any atom is 0.269 e. The molecule has 2 aromatic heterocycles. The number of nitrogens with one attached hydrogen (secondary N) is 1. The summed E-state index contributed by atoms with van der Waals surface area (Å²) in [6.07, 6.45) is 1.47. The number of benzene rings is 2. The lowest BCUT2D eigenvalue weighted by molar-refractivity contribution is -0.384. The van der Waals surface area contributed by atoms with E-state index in [1.54, 1.807) is 16.8 Å². The summed E-state index contributed by atoms with van der Waals surface area (Å²) in [6, 6.07) is 14.2. The minimum absolute atomic E-state index is 0.0308. The van der Waals surface area contributed by atoms with Gasteiger partial charge in [-0.05, 0) is 38.1 Å². The fraction of sp³-hybridized carbons (Fsp3) is 0.105. The topological polar surface area (TPSA) is 98.8 Å². The Balaban J connectivity index is 1.78. The van der Waals surface area contributed by atoms with Gasteiger partial charge in [0.2, 0.25) is 0 Å². The highest BCUT2D eigenvalue weighted by molar-refractivity contribution is 5.91. The highest BCUT2D eigenvalue weighted by Crippen LogP contribution is 2.28. The molecular weight excluding hydrogens is 344 g/mol. The number of nitro groups is 1. The monoisotopic (exact) mass is 360 g/mol. The third-order valence-electron chi connectivity index (χ3n) is 4.26. The summed E-state index contributed by atoms with van der Waals surface area (Å²) in [6.45, 7) is 3.92. The Bertz CT molecular complexity index is 1130. The number of fused-ring (bicyclic) bond motifs is 1. The second-order valence-electron chi connectivity index (χ2n) is 6.18. The van der Waals surface area contributed by atoms with Gasteiger partial charge < -0.3 is 5.32 Å². The first-order chi connectivity index (χ1) is 13.0. The van der Waals surface area contributed by atoms with E-state index in [9.17, 15) is 10.1 Å². The van der Waals surface area contributed by atoms with Crippen LogP contribution in [0.15, 0.2) is 54.9 Å². The van der Waals surface area contributed by atoms with E-state index in [1.165, 1.54) is 24.0 Å². The predicted molar refractivity (Wildman–Crippen MR) is 103 cm³/mol. The molecule has 0 radical (unpaired) electrons. The average molecular weight is 360 g/mol. The number of rotatable bonds is 4. The van der Waals surface area contributed by atoms with Crippen molar-refractivity contribution in [3.8, 4) is 5.69 Å². The molecule has 0 spiro atoms. The molecule has 134 valence electrons. The minimum atomic E-state index is -0.429. The lowest BCUT2D eigenvalue weighted by atomic mass is 10.2. The van der Waals surface area contributed by atoms with Gasteiger partial charge in [0.1, 0.15) is 12.1 Å². The molecule has 1 N–H and O–H groups in total. The molecule has 0 atom stereocenters. The van der Waals surface area contributed by atoms with Crippen LogP contribution in [0.3, 0.4) is 0 Å². The molecule has 8 nitrogen and oxygen atoms in total. The zero-order valence-corrected chi connectivity index (χ0v) is 14.7. The van der Waals surface area contributed by atoms with Gasteiger partial charge >= 0.3 is 0 Å². The highest BCUT2D eigenvalue weighted by Gasteiger charge is 2.16. The molecule has 0 fully saturated rings. The second kappa shape index (κ2) is 6.49. The summed E-state index contributed by atoms with van der Waals surface area (Å²) < 4.78 is 1.66. The third-order valence-corrected chi connectivity index (χ3v) is 4.26. The molecule has 0 unspecified atom stereocenters. The van der Waals surface area contributed by atoms with Crippen LogP contribution in [0.5, 0.6) is 0 Å². The molecular formula is C19H16N6O2. The van der Waals surface area contributed by atoms with Crippen LogP contribution in [0.4, 0.5) is 17.2 Å². The van der Waals surface area contributed by atoms with Gasteiger partial charge in [-0.3, -0.25) is 10.1 Å². The molecule has 0 amide bonds. The number of aryl methyl sites for hydroxylation is 2. The molecule has 27 heavy (non-hydrogen) atoms. The number of nitrogens with zero attached hydrogens (tertiary/aromatic N) is 5. The van der Waals surface area contributed by atoms with Gasteiger partial charge in [-0.1, -0.05) is 17.7 Å². The van der Waals surface area contributed by atoms with E-state index in [1.807, 2.05) is 38.1 Å². The number of hydrogen-bond acceptors (Lipinski definition) is 6. The van der Waals surface area contributed by atoms with Crippen molar-refractivity contribution in [1.82, 2.24) is 19.7 Å². The number of hydrogen-bond donors (Lipinski definition) is 1. The van der Waals surface area contributed by atoms with Gasteiger partial charge in [-0.15, -0.1) is 0 Å². The summed E-state index contributed by atoms with van der Waals surface area (Å²) in [5.74, 6) is 0.662. The standard InChI is InChI=1S/C19H16N6O2/c1-12-3-5-14(6-4-12)22-18-17-13(2)23-24(19(17)21-11-20-18)15-7-9-16(10-8-15)25(26)27/h3-11H,1-2H3,(H,20,21,22). The minimum Gasteiger partial charge on any atom is -0.340 e. The van der Waals surface area contributed by atoms with Crippen LogP contribution in [0, 0.1) is 24.0 Å². The van der Waals surface area contributed by atoms with Crippen molar-refractivity contribution in [2.75, 3.05) is 5.32 Å². The Morgan fingerprint density at radius 1 is 1.00 bits per heavy atom. The summed E-state index contributed by atoms with van der Waals surface area (Å²) >= 11 is 0. The van der Waals surface area contributed by atoms with Gasteiger partial charge in [-0.2, -0.15) is 5.10 Å². The molecule has 2 heterocycles. The van der Waals surface area contributed by atoms with Crippen molar-refractivity contribution in [2.24, 2.45) is 0 Å². The number of anilines is 2. The van der Waals surface area contributed by atoms with Crippen molar-refractivity contribution in [2.45, 2.75) is 13.8 Å². The zero-order valence-electron chi connectivity index (χ0n) is 14.7. The second-order valence-corrected chi connectivity index (χ2v) is 6.18. The third kappa shape index (κ3) is 3.08. The lowest BCUT2D eigenvalue weighted by Crippen LogP contribution is -2.00. The van der Waals surface area contributed by atoms with Gasteiger partial charge in [0.25, 0.3) is 5.69 Å². The van der Waals surface area contributed by atoms with Crippen molar-refractivity contribution < 1.29 is 4.92 Å². The van der Waals surface area contributed by atoms with E-state index in [2.05, 4.69) is 20.4 Å². The molecule has 0 aliphatic carbocycles. The number of nitro benzene ring substituents is 1. The Hall–Kier alpha value is -3.81. The molecule has 0 bridgehead atoms. The van der Waals surface area contributed by atoms with Crippen LogP contribution in [-0.4, -0.2) is 24.7 Å². The number of aromatic nitrogens is 4. The van der Waals surface area contributed by atoms with E-state index in [0.717, 1.165) is 16.8 Å². The molecule has 0 saturated carbocycles. The van der Waals surface area contributed by atoms with Crippen molar-refractivity contribution in [3.05, 3.63) is 76.2 Å². The van der Waals surface area contributed by atoms with Gasteiger partial charge in [0.15, 0.2) is 5.65 Å². The van der Waals surface area contributed by atoms with E-state index in [4.69, 9.17) is 0 Å². The normalized spacial score (nSPS) is 10.9. The van der Waals surface area contributed by atoms with E-state index in [0.29, 0.717) is 17.2 Å². The summed E-state index contributed by atoms with van der Waals surface area (Å²) in [7, 11) is 0. The van der Waals surface area contributed by atoms with Crippen LogP contribution < -0.4 is 5.32 Å². The van der Waals surface area contributed by atoms with Crippen LogP contribution in [-0.2, 0) is 0 Å². The SMILES string of the molecule is Cc1ccc(Nc2ncnc3c2c(C)nn3-c2ccc([N+](=O)[O-])cc2)cc1. The van der Waals surface area contributed by atoms with Gasteiger partial charge in [0.05, 0.1) is 21.7 Å². The van der Waals surface area contributed by atoms with Crippen LogP contribution in [0.1, 0.15) is 11.3 Å². The quantitative estimate of drug-likeness (QED) is 0.435. The van der Waals surface area contributed by atoms with Crippen molar-refractivity contribution in [1.29, 1.82) is 0 Å². The summed E-state index contributed by atoms with van der Waals surface area (Å²) in [5, 5.41) is 19.5. The Morgan fingerprint density at radius 2 is 1.70 bits per heavy atom. The molecule has 8 heteroatoms. The Labute approximate surface area is 154 Å². The molecule has 0 aliphatic heterocycles. The van der Waals surface area contributed by atoms with Crippen LogP contribution >= 0.6 is 0 Å². The van der Waals surface area contributed by atoms with E-state index < -0.39 is 4.92 Å². The van der Waals surface area contributed by atoms with Crippen molar-refractivity contribution in [3.63, 3.8) is 0 Å². The highest BCUT2D eigenvalue weighted by atomic mass is 16.6. The lowest BCUT2D eigenvalue weighted by Gasteiger charge is -2.07. The van der Waals surface area contributed by atoms with Gasteiger partial charge in [0, 0.05) is 17.8 Å². The fourth-order valence-electron chi connectivity index (χ4n) is 2.88. The van der Waals surface area contributed by atoms with Crippen molar-refractivity contribution >= 4 is 28.2 Å². The largest absolute Gasteiger partial charge is 0.340 e. The van der Waals surface area contributed by atoms with Crippen LogP contribution in [0.2, 0.25) is 0 Å². The van der Waals surface area contributed by atoms with Gasteiger partial charge in [-0.25, -0.2) is 14.6 Å². The average Bonchev–Trinajstić information content (AvgIpc) is 3.01. The Kier molecular flexibility index (Phi) is 4.00. The van der Waals surface area contributed by atoms with E-state index >= 15 is 0 Å². The smallest absolute Gasteiger partial charge is 0.269 e. The molecule has 0 saturated heterocycles. The Morgan fingerprint density at radius 3 is 2.37 bits per heavy atom. The maximum atomic E-state index is 10.9. The maximum absolute atomic E-state index is 10.9. The molecule has 4 aromatic rings. The molecule has 2 aromatic carbocycles. The predicted octanol–water partition coefficient (Wildman–Crippen LogP) is 4.08. The number of non-ortho nitro benzene ring substituents is 1. The fourth-order valence-corrected chi connectivity index (χ4v) is 2.88. The first kappa shape index (κ1) is 16.6. The first-order valence-corrected chi connectivity index (χ1v) is 8.32.